The fraction of sp³-hybridized carbons (Fsp3) is 0.538. The lowest BCUT2D eigenvalue weighted by atomic mass is 9.88. The first-order valence-corrected chi connectivity index (χ1v) is 5.86. The van der Waals surface area contributed by atoms with Gasteiger partial charge < -0.3 is 0 Å². The molecular formula is C13H21FN2. The molecule has 1 rings (SSSR count). The molecule has 16 heavy (non-hydrogen) atoms. The number of rotatable bonds is 5. The molecule has 1 atom stereocenters. The molecule has 0 bridgehead atoms. The van der Waals surface area contributed by atoms with Crippen molar-refractivity contribution < 1.29 is 4.39 Å². The fourth-order valence-electron chi connectivity index (χ4n) is 2.14. The van der Waals surface area contributed by atoms with Gasteiger partial charge in [0.15, 0.2) is 0 Å². The minimum Gasteiger partial charge on any atom is -0.271 e. The Bertz CT molecular complexity index is 335. The number of nitrogens with two attached hydrogens (primary N) is 1. The van der Waals surface area contributed by atoms with Crippen LogP contribution in [0, 0.1) is 18.7 Å². The predicted molar refractivity (Wildman–Crippen MR) is 65.3 cm³/mol. The number of benzene rings is 1. The molecule has 3 N–H and O–H groups in total. The van der Waals surface area contributed by atoms with E-state index in [1.807, 2.05) is 13.0 Å². The van der Waals surface area contributed by atoms with Crippen LogP contribution in [0.5, 0.6) is 0 Å². The Morgan fingerprint density at radius 1 is 1.31 bits per heavy atom. The summed E-state index contributed by atoms with van der Waals surface area (Å²) in [5, 5.41) is 0. The molecule has 0 aliphatic carbocycles. The second kappa shape index (κ2) is 5.97. The first-order chi connectivity index (χ1) is 7.63. The van der Waals surface area contributed by atoms with E-state index in [2.05, 4.69) is 19.3 Å². The number of hydrogen-bond acceptors (Lipinski definition) is 2. The Hall–Kier alpha value is -0.930. The molecule has 0 saturated heterocycles. The SMILES string of the molecule is CCC(CC)C(NN)c1cc(C)ccc1F. The van der Waals surface area contributed by atoms with E-state index in [1.165, 1.54) is 6.07 Å². The topological polar surface area (TPSA) is 38.0 Å². The van der Waals surface area contributed by atoms with E-state index in [-0.39, 0.29) is 11.9 Å². The Labute approximate surface area is 97.0 Å². The largest absolute Gasteiger partial charge is 0.271 e. The van der Waals surface area contributed by atoms with E-state index in [9.17, 15) is 4.39 Å². The molecule has 1 unspecified atom stereocenters. The van der Waals surface area contributed by atoms with Crippen LogP contribution >= 0.6 is 0 Å². The number of hydrazine groups is 1. The summed E-state index contributed by atoms with van der Waals surface area (Å²) >= 11 is 0. The molecule has 0 fully saturated rings. The summed E-state index contributed by atoms with van der Waals surface area (Å²) in [6.45, 7) is 6.17. The van der Waals surface area contributed by atoms with Crippen molar-refractivity contribution in [3.05, 3.63) is 35.1 Å². The Kier molecular flexibility index (Phi) is 4.90. The third kappa shape index (κ3) is 2.80. The molecular weight excluding hydrogens is 203 g/mol. The average molecular weight is 224 g/mol. The zero-order valence-corrected chi connectivity index (χ0v) is 10.3. The molecule has 0 radical (unpaired) electrons. The van der Waals surface area contributed by atoms with E-state index in [0.29, 0.717) is 11.5 Å². The highest BCUT2D eigenvalue weighted by atomic mass is 19.1. The number of aryl methyl sites for hydroxylation is 1. The summed E-state index contributed by atoms with van der Waals surface area (Å²) in [6, 6.07) is 5.06. The van der Waals surface area contributed by atoms with Crippen molar-refractivity contribution >= 4 is 0 Å². The van der Waals surface area contributed by atoms with Crippen molar-refractivity contribution in [2.24, 2.45) is 11.8 Å². The maximum absolute atomic E-state index is 13.7. The van der Waals surface area contributed by atoms with Gasteiger partial charge in [0.1, 0.15) is 5.82 Å². The van der Waals surface area contributed by atoms with Gasteiger partial charge in [-0.3, -0.25) is 11.3 Å². The zero-order valence-electron chi connectivity index (χ0n) is 10.3. The van der Waals surface area contributed by atoms with Gasteiger partial charge in [0.05, 0.1) is 6.04 Å². The molecule has 3 heteroatoms. The van der Waals surface area contributed by atoms with Gasteiger partial charge >= 0.3 is 0 Å². The zero-order chi connectivity index (χ0) is 12.1. The third-order valence-corrected chi connectivity index (χ3v) is 3.19. The van der Waals surface area contributed by atoms with Gasteiger partial charge in [-0.1, -0.05) is 44.4 Å². The highest BCUT2D eigenvalue weighted by molar-refractivity contribution is 5.27. The molecule has 0 spiro atoms. The van der Waals surface area contributed by atoms with Crippen LogP contribution in [0.3, 0.4) is 0 Å². The van der Waals surface area contributed by atoms with E-state index in [0.717, 1.165) is 18.4 Å². The van der Waals surface area contributed by atoms with Crippen molar-refractivity contribution in [2.45, 2.75) is 39.7 Å². The van der Waals surface area contributed by atoms with E-state index in [1.54, 1.807) is 6.07 Å². The average Bonchev–Trinajstić information content (AvgIpc) is 2.29. The number of halogens is 1. The van der Waals surface area contributed by atoms with Crippen molar-refractivity contribution in [1.29, 1.82) is 0 Å². The van der Waals surface area contributed by atoms with Gasteiger partial charge in [-0.25, -0.2) is 4.39 Å². The van der Waals surface area contributed by atoms with E-state index >= 15 is 0 Å². The van der Waals surface area contributed by atoms with Crippen LogP contribution in [-0.4, -0.2) is 0 Å². The molecule has 90 valence electrons. The van der Waals surface area contributed by atoms with E-state index in [4.69, 9.17) is 5.84 Å². The minimum atomic E-state index is -0.180. The van der Waals surface area contributed by atoms with Gasteiger partial charge in [-0.2, -0.15) is 0 Å². The lowest BCUT2D eigenvalue weighted by Crippen LogP contribution is -2.34. The second-order valence-electron chi connectivity index (χ2n) is 4.25. The standard InChI is InChI=1S/C13H21FN2/c1-4-10(5-2)13(16-15)11-8-9(3)6-7-12(11)14/h6-8,10,13,16H,4-5,15H2,1-3H3. The van der Waals surface area contributed by atoms with Crippen LogP contribution in [0.4, 0.5) is 4.39 Å². The molecule has 0 amide bonds. The van der Waals surface area contributed by atoms with Crippen LogP contribution in [-0.2, 0) is 0 Å². The molecule has 0 aliphatic rings. The van der Waals surface area contributed by atoms with Gasteiger partial charge in [-0.05, 0) is 18.9 Å². The summed E-state index contributed by atoms with van der Waals surface area (Å²) in [6.07, 6.45) is 1.97. The minimum absolute atomic E-state index is 0.102. The first-order valence-electron chi connectivity index (χ1n) is 5.86. The summed E-state index contributed by atoms with van der Waals surface area (Å²) in [7, 11) is 0. The molecule has 1 aromatic carbocycles. The van der Waals surface area contributed by atoms with Crippen molar-refractivity contribution in [1.82, 2.24) is 5.43 Å². The summed E-state index contributed by atoms with van der Waals surface area (Å²) < 4.78 is 13.7. The molecule has 1 aromatic rings. The van der Waals surface area contributed by atoms with Crippen LogP contribution in [0.2, 0.25) is 0 Å². The Morgan fingerprint density at radius 3 is 2.44 bits per heavy atom. The highest BCUT2D eigenvalue weighted by Crippen LogP contribution is 2.28. The van der Waals surface area contributed by atoms with Gasteiger partial charge in [0, 0.05) is 5.56 Å². The van der Waals surface area contributed by atoms with Gasteiger partial charge in [0.25, 0.3) is 0 Å². The summed E-state index contributed by atoms with van der Waals surface area (Å²) in [4.78, 5) is 0. The second-order valence-corrected chi connectivity index (χ2v) is 4.25. The number of hydrogen-bond donors (Lipinski definition) is 2. The molecule has 0 heterocycles. The van der Waals surface area contributed by atoms with Crippen LogP contribution in [0.25, 0.3) is 0 Å². The molecule has 0 aliphatic heterocycles. The predicted octanol–water partition coefficient (Wildman–Crippen LogP) is 3.07. The van der Waals surface area contributed by atoms with Gasteiger partial charge in [-0.15, -0.1) is 0 Å². The quantitative estimate of drug-likeness (QED) is 0.596. The monoisotopic (exact) mass is 224 g/mol. The first kappa shape index (κ1) is 13.1. The van der Waals surface area contributed by atoms with Crippen molar-refractivity contribution in [3.8, 4) is 0 Å². The van der Waals surface area contributed by atoms with Crippen molar-refractivity contribution in [2.75, 3.05) is 0 Å². The molecule has 0 saturated carbocycles. The Balaban J connectivity index is 3.06. The lowest BCUT2D eigenvalue weighted by Gasteiger charge is -2.25. The molecule has 0 aromatic heterocycles. The third-order valence-electron chi connectivity index (χ3n) is 3.19. The normalized spacial score (nSPS) is 13.1. The van der Waals surface area contributed by atoms with Gasteiger partial charge in [0.2, 0.25) is 0 Å². The lowest BCUT2D eigenvalue weighted by molar-refractivity contribution is 0.336. The number of nitrogens with one attached hydrogen (secondary N) is 1. The molecule has 2 nitrogen and oxygen atoms in total. The summed E-state index contributed by atoms with van der Waals surface area (Å²) in [5.41, 5.74) is 4.48. The smallest absolute Gasteiger partial charge is 0.128 e. The van der Waals surface area contributed by atoms with Crippen molar-refractivity contribution in [3.63, 3.8) is 0 Å². The van der Waals surface area contributed by atoms with Crippen LogP contribution in [0.1, 0.15) is 43.9 Å². The highest BCUT2D eigenvalue weighted by Gasteiger charge is 2.21. The maximum atomic E-state index is 13.7. The van der Waals surface area contributed by atoms with E-state index < -0.39 is 0 Å². The van der Waals surface area contributed by atoms with Crippen LogP contribution < -0.4 is 11.3 Å². The Morgan fingerprint density at radius 2 is 1.94 bits per heavy atom. The van der Waals surface area contributed by atoms with Crippen LogP contribution in [0.15, 0.2) is 18.2 Å². The fourth-order valence-corrected chi connectivity index (χ4v) is 2.14. The summed E-state index contributed by atoms with van der Waals surface area (Å²) in [5.74, 6) is 5.74. The maximum Gasteiger partial charge on any atom is 0.128 e.